The van der Waals surface area contributed by atoms with E-state index in [0.29, 0.717) is 5.41 Å². The normalized spacial score (nSPS) is 22.4. The number of alkyl halides is 1. The fourth-order valence-corrected chi connectivity index (χ4v) is 4.27. The Hall–Kier alpha value is -0.700. The lowest BCUT2D eigenvalue weighted by Crippen LogP contribution is -2.32. The minimum Gasteiger partial charge on any atom is -0.489 e. The van der Waals surface area contributed by atoms with Crippen LogP contribution in [0.15, 0.2) is 18.2 Å². The summed E-state index contributed by atoms with van der Waals surface area (Å²) in [5.74, 6) is 1.88. The van der Waals surface area contributed by atoms with E-state index < -0.39 is 0 Å². The zero-order chi connectivity index (χ0) is 14.9. The van der Waals surface area contributed by atoms with Crippen molar-refractivity contribution in [2.24, 2.45) is 5.41 Å². The first-order valence-electron chi connectivity index (χ1n) is 8.03. The summed E-state index contributed by atoms with van der Waals surface area (Å²) in [7, 11) is 0. The van der Waals surface area contributed by atoms with Gasteiger partial charge in [0.2, 0.25) is 0 Å². The highest BCUT2D eigenvalue weighted by Crippen LogP contribution is 2.44. The largest absolute Gasteiger partial charge is 0.489 e. The molecule has 2 nitrogen and oxygen atoms in total. The number of benzene rings is 1. The molecule has 0 aromatic heterocycles. The van der Waals surface area contributed by atoms with E-state index in [2.05, 4.69) is 41.9 Å². The fraction of sp³-hybridized carbons (Fsp3) is 0.667. The van der Waals surface area contributed by atoms with Gasteiger partial charge in [0.25, 0.3) is 0 Å². The average Bonchev–Trinajstić information content (AvgIpc) is 2.80. The Morgan fingerprint density at radius 1 is 1.19 bits per heavy atom. The van der Waals surface area contributed by atoms with Gasteiger partial charge in [0.1, 0.15) is 5.60 Å². The molecule has 116 valence electrons. The summed E-state index contributed by atoms with van der Waals surface area (Å²) < 4.78 is 12.3. The maximum Gasteiger partial charge on any atom is 0.165 e. The molecular weight excluding hydrogens is 328 g/mol. The zero-order valence-electron chi connectivity index (χ0n) is 13.1. The van der Waals surface area contributed by atoms with E-state index in [1.54, 1.807) is 0 Å². The third-order valence-corrected chi connectivity index (χ3v) is 5.98. The molecule has 0 bridgehead atoms. The van der Waals surface area contributed by atoms with Gasteiger partial charge in [0.05, 0.1) is 6.61 Å². The summed E-state index contributed by atoms with van der Waals surface area (Å²) >= 11 is 3.71. The lowest BCUT2D eigenvalue weighted by molar-refractivity contribution is 0.106. The Labute approximate surface area is 136 Å². The second kappa shape index (κ2) is 5.83. The summed E-state index contributed by atoms with van der Waals surface area (Å²) in [6.45, 7) is 5.06. The van der Waals surface area contributed by atoms with Gasteiger partial charge < -0.3 is 9.47 Å². The van der Waals surface area contributed by atoms with Crippen molar-refractivity contribution in [1.29, 1.82) is 0 Å². The molecule has 0 N–H and O–H groups in total. The lowest BCUT2D eigenvalue weighted by Gasteiger charge is -2.35. The van der Waals surface area contributed by atoms with Crippen LogP contribution >= 0.6 is 15.9 Å². The predicted octanol–water partition coefficient (Wildman–Crippen LogP) is 5.12. The zero-order valence-corrected chi connectivity index (χ0v) is 14.7. The van der Waals surface area contributed by atoms with E-state index in [4.69, 9.17) is 9.47 Å². The smallest absolute Gasteiger partial charge is 0.165 e. The van der Waals surface area contributed by atoms with Gasteiger partial charge in [-0.25, -0.2) is 0 Å². The van der Waals surface area contributed by atoms with E-state index in [0.717, 1.165) is 29.9 Å². The number of rotatable bonds is 4. The van der Waals surface area contributed by atoms with Gasteiger partial charge in [-0.05, 0) is 32.8 Å². The van der Waals surface area contributed by atoms with Crippen molar-refractivity contribution in [3.05, 3.63) is 23.8 Å². The summed E-state index contributed by atoms with van der Waals surface area (Å²) in [6, 6.07) is 6.28. The molecule has 21 heavy (non-hydrogen) atoms. The number of fused-ring (bicyclic) bond motifs is 1. The maximum absolute atomic E-state index is 6.22. The summed E-state index contributed by atoms with van der Waals surface area (Å²) in [5, 5.41) is 1.03. The van der Waals surface area contributed by atoms with Crippen LogP contribution in [-0.4, -0.2) is 17.5 Å². The van der Waals surface area contributed by atoms with Crippen molar-refractivity contribution in [1.82, 2.24) is 0 Å². The van der Waals surface area contributed by atoms with Crippen molar-refractivity contribution >= 4 is 15.9 Å². The third-order valence-electron chi connectivity index (χ3n) is 4.79. The van der Waals surface area contributed by atoms with Crippen molar-refractivity contribution < 1.29 is 9.47 Å². The van der Waals surface area contributed by atoms with Gasteiger partial charge >= 0.3 is 0 Å². The number of para-hydroxylation sites is 1. The highest BCUT2D eigenvalue weighted by Gasteiger charge is 2.35. The first kappa shape index (κ1) is 15.2. The van der Waals surface area contributed by atoms with Crippen LogP contribution in [-0.2, 0) is 6.42 Å². The maximum atomic E-state index is 6.22. The van der Waals surface area contributed by atoms with Crippen molar-refractivity contribution in [2.45, 2.75) is 58.0 Å². The molecule has 1 saturated carbocycles. The quantitative estimate of drug-likeness (QED) is 0.699. The van der Waals surface area contributed by atoms with Gasteiger partial charge in [-0.1, -0.05) is 47.3 Å². The Bertz CT molecular complexity index is 504. The molecule has 0 radical (unpaired) electrons. The minimum atomic E-state index is -0.111. The van der Waals surface area contributed by atoms with E-state index in [9.17, 15) is 0 Å². The molecule has 0 unspecified atom stereocenters. The first-order valence-corrected chi connectivity index (χ1v) is 9.16. The molecule has 0 spiro atoms. The Morgan fingerprint density at radius 3 is 2.67 bits per heavy atom. The molecule has 3 rings (SSSR count). The average molecular weight is 353 g/mol. The first-order chi connectivity index (χ1) is 10.0. The molecule has 0 amide bonds. The second-order valence-corrected chi connectivity index (χ2v) is 7.83. The van der Waals surface area contributed by atoms with Crippen molar-refractivity contribution in [2.75, 3.05) is 11.9 Å². The van der Waals surface area contributed by atoms with E-state index in [1.165, 1.54) is 37.7 Å². The topological polar surface area (TPSA) is 18.5 Å². The van der Waals surface area contributed by atoms with Gasteiger partial charge in [-0.15, -0.1) is 0 Å². The fourth-order valence-electron chi connectivity index (χ4n) is 3.55. The molecule has 3 heteroatoms. The molecule has 1 heterocycles. The van der Waals surface area contributed by atoms with Gasteiger partial charge in [0, 0.05) is 22.7 Å². The Kier molecular flexibility index (Phi) is 4.22. The van der Waals surface area contributed by atoms with Gasteiger partial charge in [-0.3, -0.25) is 0 Å². The summed E-state index contributed by atoms with van der Waals surface area (Å²) in [5.41, 5.74) is 1.46. The third kappa shape index (κ3) is 3.23. The van der Waals surface area contributed by atoms with Crippen LogP contribution in [0.3, 0.4) is 0 Å². The number of hydrogen-bond acceptors (Lipinski definition) is 2. The SMILES string of the molecule is CC1(C)Cc2cccc(OCC3(CBr)CCCCC3)c2O1. The summed E-state index contributed by atoms with van der Waals surface area (Å²) in [6.07, 6.45) is 7.51. The van der Waals surface area contributed by atoms with Crippen LogP contribution < -0.4 is 9.47 Å². The van der Waals surface area contributed by atoms with Crippen molar-refractivity contribution in [3.8, 4) is 11.5 Å². The predicted molar refractivity (Wildman–Crippen MR) is 89.7 cm³/mol. The molecule has 1 aliphatic heterocycles. The molecule has 1 fully saturated rings. The molecule has 0 saturated heterocycles. The van der Waals surface area contributed by atoms with Crippen LogP contribution in [0.4, 0.5) is 0 Å². The van der Waals surface area contributed by atoms with Crippen LogP contribution in [0.2, 0.25) is 0 Å². The van der Waals surface area contributed by atoms with E-state index in [-0.39, 0.29) is 5.60 Å². The lowest BCUT2D eigenvalue weighted by atomic mass is 9.76. The van der Waals surface area contributed by atoms with Crippen molar-refractivity contribution in [3.63, 3.8) is 0 Å². The molecule has 1 aliphatic carbocycles. The standard InChI is InChI=1S/C18H25BrO2/c1-17(2)11-14-7-6-8-15(16(14)21-17)20-13-18(12-19)9-4-3-5-10-18/h6-8H,3-5,9-13H2,1-2H3. The van der Waals surface area contributed by atoms with Crippen LogP contribution in [0.1, 0.15) is 51.5 Å². The molecule has 1 aromatic carbocycles. The summed E-state index contributed by atoms with van der Waals surface area (Å²) in [4.78, 5) is 0. The van der Waals surface area contributed by atoms with Gasteiger partial charge in [-0.2, -0.15) is 0 Å². The van der Waals surface area contributed by atoms with Crippen LogP contribution in [0.5, 0.6) is 11.5 Å². The molecule has 1 aromatic rings. The molecule has 2 aliphatic rings. The molecule has 0 atom stereocenters. The monoisotopic (exact) mass is 352 g/mol. The number of halogens is 1. The highest BCUT2D eigenvalue weighted by molar-refractivity contribution is 9.09. The molecular formula is C18H25BrO2. The van der Waals surface area contributed by atoms with Gasteiger partial charge in [0.15, 0.2) is 11.5 Å². The number of ether oxygens (including phenoxy) is 2. The Morgan fingerprint density at radius 2 is 1.95 bits per heavy atom. The second-order valence-electron chi connectivity index (χ2n) is 7.27. The Balaban J connectivity index is 1.73. The van der Waals surface area contributed by atoms with E-state index >= 15 is 0 Å². The highest BCUT2D eigenvalue weighted by atomic mass is 79.9. The van der Waals surface area contributed by atoms with E-state index in [1.807, 2.05) is 6.07 Å². The minimum absolute atomic E-state index is 0.111. The number of hydrogen-bond donors (Lipinski definition) is 0. The van der Waals surface area contributed by atoms with Crippen LogP contribution in [0, 0.1) is 5.41 Å². The van der Waals surface area contributed by atoms with Crippen LogP contribution in [0.25, 0.3) is 0 Å².